The second kappa shape index (κ2) is 8.35. The van der Waals surface area contributed by atoms with E-state index in [0.717, 1.165) is 37.7 Å². The maximum absolute atomic E-state index is 9.12. The molecule has 0 bridgehead atoms. The van der Waals surface area contributed by atoms with Gasteiger partial charge in [-0.2, -0.15) is 0 Å². The van der Waals surface area contributed by atoms with E-state index in [1.807, 2.05) is 6.92 Å². The van der Waals surface area contributed by atoms with Gasteiger partial charge in [0.05, 0.1) is 12.7 Å². The van der Waals surface area contributed by atoms with E-state index in [-0.39, 0.29) is 6.61 Å². The van der Waals surface area contributed by atoms with Crippen molar-refractivity contribution in [2.75, 3.05) is 13.2 Å². The minimum Gasteiger partial charge on any atom is -0.394 e. The zero-order chi connectivity index (χ0) is 15.2. The van der Waals surface area contributed by atoms with E-state index in [1.54, 1.807) is 0 Å². The third kappa shape index (κ3) is 6.11. The van der Waals surface area contributed by atoms with Crippen LogP contribution >= 0.6 is 0 Å². The van der Waals surface area contributed by atoms with E-state index < -0.39 is 5.54 Å². The van der Waals surface area contributed by atoms with Crippen LogP contribution in [0.2, 0.25) is 0 Å². The molecule has 20 heavy (non-hydrogen) atoms. The highest BCUT2D eigenvalue weighted by atomic mass is 16.5. The molecule has 120 valence electrons. The third-order valence-corrected chi connectivity index (χ3v) is 4.80. The van der Waals surface area contributed by atoms with Gasteiger partial charge in [-0.25, -0.2) is 0 Å². The van der Waals surface area contributed by atoms with Gasteiger partial charge < -0.3 is 15.6 Å². The van der Waals surface area contributed by atoms with Crippen molar-refractivity contribution in [3.63, 3.8) is 0 Å². The van der Waals surface area contributed by atoms with Gasteiger partial charge in [0.1, 0.15) is 0 Å². The molecule has 3 heteroatoms. The van der Waals surface area contributed by atoms with Crippen LogP contribution in [0.3, 0.4) is 0 Å². The molecule has 3 nitrogen and oxygen atoms in total. The lowest BCUT2D eigenvalue weighted by Gasteiger charge is -2.37. The minimum absolute atomic E-state index is 0.0589. The van der Waals surface area contributed by atoms with E-state index in [0.29, 0.717) is 12.0 Å². The molecule has 1 fully saturated rings. The maximum Gasteiger partial charge on any atom is 0.0608 e. The lowest BCUT2D eigenvalue weighted by atomic mass is 9.75. The van der Waals surface area contributed by atoms with Gasteiger partial charge >= 0.3 is 0 Å². The average Bonchev–Trinajstić information content (AvgIpc) is 2.38. The topological polar surface area (TPSA) is 55.5 Å². The number of ether oxygens (including phenoxy) is 1. The van der Waals surface area contributed by atoms with Crippen LogP contribution in [0.1, 0.15) is 66.2 Å². The molecule has 4 atom stereocenters. The molecular weight excluding hydrogens is 250 g/mol. The summed E-state index contributed by atoms with van der Waals surface area (Å²) in [5.74, 6) is 2.24. The van der Waals surface area contributed by atoms with Crippen molar-refractivity contribution in [3.05, 3.63) is 0 Å². The molecule has 0 aromatic carbocycles. The highest BCUT2D eigenvalue weighted by molar-refractivity contribution is 4.81. The second-order valence-electron chi connectivity index (χ2n) is 7.50. The number of unbranched alkanes of at least 4 members (excludes halogenated alkanes) is 1. The Morgan fingerprint density at radius 2 is 2.00 bits per heavy atom. The van der Waals surface area contributed by atoms with Crippen molar-refractivity contribution in [2.45, 2.75) is 77.9 Å². The quantitative estimate of drug-likeness (QED) is 0.672. The summed E-state index contributed by atoms with van der Waals surface area (Å²) < 4.78 is 6.17. The van der Waals surface area contributed by atoms with Gasteiger partial charge in [0, 0.05) is 12.1 Å². The van der Waals surface area contributed by atoms with Gasteiger partial charge in [-0.1, -0.05) is 27.2 Å². The van der Waals surface area contributed by atoms with Crippen LogP contribution in [0.4, 0.5) is 0 Å². The Labute approximate surface area is 125 Å². The molecule has 0 heterocycles. The smallest absolute Gasteiger partial charge is 0.0608 e. The first-order valence-electron chi connectivity index (χ1n) is 8.37. The maximum atomic E-state index is 9.12. The van der Waals surface area contributed by atoms with Crippen molar-refractivity contribution in [3.8, 4) is 0 Å². The average molecular weight is 285 g/mol. The molecule has 0 spiro atoms. The number of nitrogens with two attached hydrogens (primary N) is 1. The zero-order valence-corrected chi connectivity index (χ0v) is 13.9. The first-order chi connectivity index (χ1) is 9.35. The van der Waals surface area contributed by atoms with Crippen molar-refractivity contribution in [2.24, 2.45) is 23.5 Å². The molecule has 1 saturated carbocycles. The van der Waals surface area contributed by atoms with E-state index in [9.17, 15) is 0 Å². The highest BCUT2D eigenvalue weighted by Gasteiger charge is 2.31. The molecule has 0 aromatic rings. The molecule has 3 N–H and O–H groups in total. The lowest BCUT2D eigenvalue weighted by Crippen LogP contribution is -2.40. The summed E-state index contributed by atoms with van der Waals surface area (Å²) in [4.78, 5) is 0. The Balaban J connectivity index is 2.25. The molecule has 0 aliphatic heterocycles. The first-order valence-corrected chi connectivity index (χ1v) is 8.37. The number of hydrogen-bond acceptors (Lipinski definition) is 3. The Morgan fingerprint density at radius 3 is 2.60 bits per heavy atom. The summed E-state index contributed by atoms with van der Waals surface area (Å²) in [5.41, 5.74) is 5.50. The normalized spacial score (nSPS) is 30.4. The lowest BCUT2D eigenvalue weighted by molar-refractivity contribution is -0.0397. The van der Waals surface area contributed by atoms with Crippen molar-refractivity contribution < 1.29 is 9.84 Å². The number of aliphatic hydroxyl groups excluding tert-OH is 1. The van der Waals surface area contributed by atoms with Crippen LogP contribution in [-0.2, 0) is 4.74 Å². The summed E-state index contributed by atoms with van der Waals surface area (Å²) in [5, 5.41) is 9.12. The summed E-state index contributed by atoms with van der Waals surface area (Å²) >= 11 is 0. The summed E-state index contributed by atoms with van der Waals surface area (Å²) in [6, 6.07) is 0. The van der Waals surface area contributed by atoms with E-state index in [2.05, 4.69) is 20.8 Å². The van der Waals surface area contributed by atoms with Gasteiger partial charge in [0.15, 0.2) is 0 Å². The Kier molecular flexibility index (Phi) is 7.49. The fourth-order valence-electron chi connectivity index (χ4n) is 3.25. The second-order valence-corrected chi connectivity index (χ2v) is 7.50. The zero-order valence-electron chi connectivity index (χ0n) is 13.9. The first kappa shape index (κ1) is 17.9. The Bertz CT molecular complexity index is 266. The molecule has 1 aliphatic rings. The van der Waals surface area contributed by atoms with Gasteiger partial charge in [-0.15, -0.1) is 0 Å². The molecule has 0 saturated heterocycles. The molecule has 4 unspecified atom stereocenters. The van der Waals surface area contributed by atoms with Crippen LogP contribution in [0.5, 0.6) is 0 Å². The predicted octanol–water partition coefficient (Wildman–Crippen LogP) is 3.34. The number of hydrogen-bond donors (Lipinski definition) is 2. The van der Waals surface area contributed by atoms with E-state index in [1.165, 1.54) is 19.3 Å². The fraction of sp³-hybridized carbons (Fsp3) is 1.00. The van der Waals surface area contributed by atoms with Gasteiger partial charge in [0.2, 0.25) is 0 Å². The van der Waals surface area contributed by atoms with Crippen LogP contribution in [0.15, 0.2) is 0 Å². The summed E-state index contributed by atoms with van der Waals surface area (Å²) in [7, 11) is 0. The molecule has 0 radical (unpaired) electrons. The van der Waals surface area contributed by atoms with Gasteiger partial charge in [-0.05, 0) is 56.8 Å². The fourth-order valence-corrected chi connectivity index (χ4v) is 3.25. The molecule has 0 aromatic heterocycles. The van der Waals surface area contributed by atoms with Gasteiger partial charge in [-0.3, -0.25) is 0 Å². The monoisotopic (exact) mass is 285 g/mol. The third-order valence-electron chi connectivity index (χ3n) is 4.80. The molecule has 1 aliphatic carbocycles. The Morgan fingerprint density at radius 1 is 1.30 bits per heavy atom. The Hall–Kier alpha value is -0.120. The summed E-state index contributed by atoms with van der Waals surface area (Å²) in [6.07, 6.45) is 7.26. The van der Waals surface area contributed by atoms with Crippen LogP contribution in [0, 0.1) is 17.8 Å². The molecule has 0 amide bonds. The number of aliphatic hydroxyl groups is 1. The molecule has 1 rings (SSSR count). The number of rotatable bonds is 8. The van der Waals surface area contributed by atoms with Crippen molar-refractivity contribution in [1.29, 1.82) is 0 Å². The standard InChI is InChI=1S/C17H35NO2/c1-13(2)15-8-7-14(3)11-16(15)20-10-6-5-9-17(4,18)12-19/h13-16,19H,5-12,18H2,1-4H3. The van der Waals surface area contributed by atoms with Crippen LogP contribution < -0.4 is 5.73 Å². The van der Waals surface area contributed by atoms with Crippen molar-refractivity contribution >= 4 is 0 Å². The van der Waals surface area contributed by atoms with E-state index >= 15 is 0 Å². The molecular formula is C17H35NO2. The van der Waals surface area contributed by atoms with E-state index in [4.69, 9.17) is 15.6 Å². The van der Waals surface area contributed by atoms with Gasteiger partial charge in [0.25, 0.3) is 0 Å². The minimum atomic E-state index is -0.431. The SMILES string of the molecule is CC1CCC(C(C)C)C(OCCCCC(C)(N)CO)C1. The largest absolute Gasteiger partial charge is 0.394 e. The van der Waals surface area contributed by atoms with Crippen molar-refractivity contribution in [1.82, 2.24) is 0 Å². The van der Waals surface area contributed by atoms with Crippen LogP contribution in [-0.4, -0.2) is 30.0 Å². The summed E-state index contributed by atoms with van der Waals surface area (Å²) in [6.45, 7) is 9.78. The highest BCUT2D eigenvalue weighted by Crippen LogP contribution is 2.35. The predicted molar refractivity (Wildman–Crippen MR) is 84.6 cm³/mol. The van der Waals surface area contributed by atoms with Crippen LogP contribution in [0.25, 0.3) is 0 Å².